The maximum absolute atomic E-state index is 12.3. The van der Waals surface area contributed by atoms with Gasteiger partial charge in [-0.2, -0.15) is 0 Å². The van der Waals surface area contributed by atoms with Gasteiger partial charge in [0.15, 0.2) is 0 Å². The molecule has 26 heavy (non-hydrogen) atoms. The zero-order chi connectivity index (χ0) is 19.0. The van der Waals surface area contributed by atoms with Crippen LogP contribution in [0.3, 0.4) is 0 Å². The first-order valence-corrected chi connectivity index (χ1v) is 10.6. The van der Waals surface area contributed by atoms with Crippen LogP contribution in [-0.2, 0) is 26.2 Å². The first-order chi connectivity index (χ1) is 12.4. The summed E-state index contributed by atoms with van der Waals surface area (Å²) in [5.41, 5.74) is 0.983. The zero-order valence-electron chi connectivity index (χ0n) is 15.1. The van der Waals surface area contributed by atoms with Gasteiger partial charge in [-0.15, -0.1) is 0 Å². The van der Waals surface area contributed by atoms with Gasteiger partial charge in [0.1, 0.15) is 0 Å². The number of benzene rings is 1. The summed E-state index contributed by atoms with van der Waals surface area (Å²) in [5, 5.41) is 5.37. The molecule has 0 aliphatic carbocycles. The van der Waals surface area contributed by atoms with Gasteiger partial charge in [-0.3, -0.25) is 9.59 Å². The second-order valence-corrected chi connectivity index (χ2v) is 8.58. The van der Waals surface area contributed by atoms with Crippen molar-refractivity contribution in [2.45, 2.75) is 32.7 Å². The number of nitrogens with zero attached hydrogens (tertiary/aromatic N) is 1. The van der Waals surface area contributed by atoms with Crippen molar-refractivity contribution in [1.82, 2.24) is 14.9 Å². The van der Waals surface area contributed by atoms with E-state index in [0.29, 0.717) is 32.4 Å². The lowest BCUT2D eigenvalue weighted by atomic mass is 9.99. The average molecular weight is 381 g/mol. The zero-order valence-corrected chi connectivity index (χ0v) is 15.9. The molecule has 1 aliphatic rings. The van der Waals surface area contributed by atoms with E-state index >= 15 is 0 Å². The molecule has 2 amide bonds. The van der Waals surface area contributed by atoms with Crippen LogP contribution in [0.25, 0.3) is 0 Å². The predicted octanol–water partition coefficient (Wildman–Crippen LogP) is 0.871. The number of carbonyl (C=O) groups is 2. The number of amides is 2. The maximum atomic E-state index is 12.3. The Balaban J connectivity index is 1.77. The molecule has 0 unspecified atom stereocenters. The molecule has 1 aromatic carbocycles. The summed E-state index contributed by atoms with van der Waals surface area (Å²) in [4.78, 5) is 24.2. The Morgan fingerprint density at radius 1 is 1.19 bits per heavy atom. The number of sulfonamides is 1. The van der Waals surface area contributed by atoms with Gasteiger partial charge in [-0.05, 0) is 24.8 Å². The van der Waals surface area contributed by atoms with Gasteiger partial charge in [0.25, 0.3) is 0 Å². The van der Waals surface area contributed by atoms with Gasteiger partial charge in [-0.1, -0.05) is 37.3 Å². The topological polar surface area (TPSA) is 95.6 Å². The monoisotopic (exact) mass is 381 g/mol. The Labute approximate surface area is 155 Å². The molecule has 1 atom stereocenters. The summed E-state index contributed by atoms with van der Waals surface area (Å²) >= 11 is 0. The first kappa shape index (κ1) is 20.4. The van der Waals surface area contributed by atoms with Crippen molar-refractivity contribution in [3.8, 4) is 0 Å². The molecule has 2 N–H and O–H groups in total. The Bertz CT molecular complexity index is 706. The van der Waals surface area contributed by atoms with Crippen LogP contribution in [0.15, 0.2) is 30.3 Å². The third kappa shape index (κ3) is 6.10. The van der Waals surface area contributed by atoms with Crippen molar-refractivity contribution in [3.05, 3.63) is 35.9 Å². The van der Waals surface area contributed by atoms with Crippen molar-refractivity contribution < 1.29 is 18.0 Å². The van der Waals surface area contributed by atoms with E-state index in [9.17, 15) is 18.0 Å². The molecule has 8 heteroatoms. The molecule has 0 spiro atoms. The Morgan fingerprint density at radius 2 is 1.92 bits per heavy atom. The molecule has 1 heterocycles. The van der Waals surface area contributed by atoms with Crippen molar-refractivity contribution >= 4 is 21.8 Å². The van der Waals surface area contributed by atoms with Crippen LogP contribution in [0.4, 0.5) is 0 Å². The molecule has 2 rings (SSSR count). The van der Waals surface area contributed by atoms with E-state index in [0.717, 1.165) is 5.56 Å². The maximum Gasteiger partial charge on any atom is 0.239 e. The first-order valence-electron chi connectivity index (χ1n) is 8.98. The fraction of sp³-hybridized carbons (Fsp3) is 0.556. The third-order valence-electron chi connectivity index (χ3n) is 4.37. The van der Waals surface area contributed by atoms with Gasteiger partial charge in [0.05, 0.1) is 18.2 Å². The number of hydrogen-bond acceptors (Lipinski definition) is 4. The lowest BCUT2D eigenvalue weighted by Gasteiger charge is -2.31. The standard InChI is InChI=1S/C18H27N3O4S/c1-2-11-26(24,25)21-10-6-9-16(14-21)18(23)20-13-17(22)19-12-15-7-4-3-5-8-15/h3-5,7-8,16H,2,6,9-14H2,1H3,(H,19,22)(H,20,23)/t16-/m1/s1. The molecular weight excluding hydrogens is 354 g/mol. The molecule has 1 aromatic rings. The highest BCUT2D eigenvalue weighted by atomic mass is 32.2. The molecule has 1 fully saturated rings. The van der Waals surface area contributed by atoms with Crippen molar-refractivity contribution in [2.75, 3.05) is 25.4 Å². The Hall–Kier alpha value is -1.93. The second kappa shape index (κ2) is 9.68. The van der Waals surface area contributed by atoms with Crippen LogP contribution in [0.1, 0.15) is 31.7 Å². The molecular formula is C18H27N3O4S. The lowest BCUT2D eigenvalue weighted by molar-refractivity contribution is -0.129. The summed E-state index contributed by atoms with van der Waals surface area (Å²) in [7, 11) is -3.30. The molecule has 1 saturated heterocycles. The van der Waals surface area contributed by atoms with Crippen LogP contribution in [0, 0.1) is 5.92 Å². The van der Waals surface area contributed by atoms with Crippen LogP contribution >= 0.6 is 0 Å². The molecule has 0 saturated carbocycles. The molecule has 0 bridgehead atoms. The summed E-state index contributed by atoms with van der Waals surface area (Å²) in [6.45, 7) is 2.77. The van der Waals surface area contributed by atoms with E-state index in [2.05, 4.69) is 10.6 Å². The molecule has 7 nitrogen and oxygen atoms in total. The van der Waals surface area contributed by atoms with E-state index in [1.54, 1.807) is 0 Å². The minimum absolute atomic E-state index is 0.100. The second-order valence-electron chi connectivity index (χ2n) is 6.49. The number of nitrogens with one attached hydrogen (secondary N) is 2. The van der Waals surface area contributed by atoms with Gasteiger partial charge in [0.2, 0.25) is 21.8 Å². The van der Waals surface area contributed by atoms with E-state index in [-0.39, 0.29) is 30.7 Å². The average Bonchev–Trinajstić information content (AvgIpc) is 2.65. The molecule has 144 valence electrons. The summed E-state index contributed by atoms with van der Waals surface area (Å²) in [6.07, 6.45) is 1.84. The van der Waals surface area contributed by atoms with E-state index in [4.69, 9.17) is 0 Å². The van der Waals surface area contributed by atoms with Crippen LogP contribution in [-0.4, -0.2) is 49.9 Å². The van der Waals surface area contributed by atoms with Crippen LogP contribution in [0.5, 0.6) is 0 Å². The summed E-state index contributed by atoms with van der Waals surface area (Å²) in [5.74, 6) is -0.842. The Kier molecular flexibility index (Phi) is 7.59. The Morgan fingerprint density at radius 3 is 2.62 bits per heavy atom. The van der Waals surface area contributed by atoms with E-state index in [1.165, 1.54) is 4.31 Å². The summed E-state index contributed by atoms with van der Waals surface area (Å²) < 4.78 is 25.7. The largest absolute Gasteiger partial charge is 0.350 e. The normalized spacial score (nSPS) is 18.3. The fourth-order valence-electron chi connectivity index (χ4n) is 2.97. The lowest BCUT2D eigenvalue weighted by Crippen LogP contribution is -2.47. The van der Waals surface area contributed by atoms with E-state index in [1.807, 2.05) is 37.3 Å². The van der Waals surface area contributed by atoms with Crippen molar-refractivity contribution in [1.29, 1.82) is 0 Å². The van der Waals surface area contributed by atoms with Gasteiger partial charge in [0, 0.05) is 19.6 Å². The predicted molar refractivity (Wildman–Crippen MR) is 99.7 cm³/mol. The number of carbonyl (C=O) groups excluding carboxylic acids is 2. The third-order valence-corrected chi connectivity index (χ3v) is 6.41. The molecule has 0 radical (unpaired) electrons. The quantitative estimate of drug-likeness (QED) is 0.698. The van der Waals surface area contributed by atoms with Crippen molar-refractivity contribution in [3.63, 3.8) is 0 Å². The minimum Gasteiger partial charge on any atom is -0.350 e. The summed E-state index contributed by atoms with van der Waals surface area (Å²) in [6, 6.07) is 9.51. The highest BCUT2D eigenvalue weighted by Crippen LogP contribution is 2.20. The fourth-order valence-corrected chi connectivity index (χ4v) is 4.56. The molecule has 1 aliphatic heterocycles. The van der Waals surface area contributed by atoms with Crippen LogP contribution in [0.2, 0.25) is 0 Å². The van der Waals surface area contributed by atoms with Gasteiger partial charge < -0.3 is 10.6 Å². The highest BCUT2D eigenvalue weighted by molar-refractivity contribution is 7.89. The highest BCUT2D eigenvalue weighted by Gasteiger charge is 2.31. The number of hydrogen-bond donors (Lipinski definition) is 2. The number of rotatable bonds is 8. The molecule has 0 aromatic heterocycles. The van der Waals surface area contributed by atoms with Gasteiger partial charge in [-0.25, -0.2) is 12.7 Å². The smallest absolute Gasteiger partial charge is 0.239 e. The number of piperidine rings is 1. The van der Waals surface area contributed by atoms with Gasteiger partial charge >= 0.3 is 0 Å². The van der Waals surface area contributed by atoms with Crippen LogP contribution < -0.4 is 10.6 Å². The minimum atomic E-state index is -3.30. The van der Waals surface area contributed by atoms with Crippen molar-refractivity contribution in [2.24, 2.45) is 5.92 Å². The van der Waals surface area contributed by atoms with E-state index < -0.39 is 15.9 Å². The SMILES string of the molecule is CCCS(=O)(=O)N1CCC[C@@H](C(=O)NCC(=O)NCc2ccccc2)C1.